The Kier molecular flexibility index (Phi) is 8.01. The van der Waals surface area contributed by atoms with Crippen molar-refractivity contribution < 1.29 is 9.53 Å². The minimum Gasteiger partial charge on any atom is -0.465 e. The summed E-state index contributed by atoms with van der Waals surface area (Å²) in [7, 11) is 0. The number of unbranched alkanes of at least 4 members (excludes halogenated alkanes) is 3. The minimum absolute atomic E-state index is 0.0242. The van der Waals surface area contributed by atoms with Crippen molar-refractivity contribution in [2.24, 2.45) is 0 Å². The molecular weight excluding hydrogens is 228 g/mol. The zero-order chi connectivity index (χ0) is 13.2. The number of nitrogens with one attached hydrogen (secondary N) is 1. The Morgan fingerprint density at radius 3 is 2.56 bits per heavy atom. The van der Waals surface area contributed by atoms with E-state index in [9.17, 15) is 4.79 Å². The van der Waals surface area contributed by atoms with E-state index in [1.54, 1.807) is 0 Å². The number of carbonyl (C=O) groups is 1. The molecule has 1 rings (SSSR count). The number of esters is 1. The molecule has 4 nitrogen and oxygen atoms in total. The summed E-state index contributed by atoms with van der Waals surface area (Å²) in [6.07, 6.45) is 5.79. The van der Waals surface area contributed by atoms with E-state index < -0.39 is 0 Å². The number of ether oxygens (including phenoxy) is 1. The van der Waals surface area contributed by atoms with Crippen molar-refractivity contribution in [2.75, 3.05) is 32.8 Å². The Balaban J connectivity index is 2.42. The van der Waals surface area contributed by atoms with Gasteiger partial charge in [-0.05, 0) is 13.3 Å². The van der Waals surface area contributed by atoms with Crippen LogP contribution in [0.2, 0.25) is 0 Å². The molecule has 0 aromatic rings. The average molecular weight is 256 g/mol. The minimum atomic E-state index is -0.0316. The molecule has 0 aliphatic carbocycles. The van der Waals surface area contributed by atoms with Crippen molar-refractivity contribution in [1.82, 2.24) is 10.2 Å². The highest BCUT2D eigenvalue weighted by molar-refractivity contribution is 5.75. The molecule has 18 heavy (non-hydrogen) atoms. The van der Waals surface area contributed by atoms with Crippen LogP contribution < -0.4 is 5.32 Å². The van der Waals surface area contributed by atoms with Crippen molar-refractivity contribution >= 4 is 5.97 Å². The first-order chi connectivity index (χ1) is 8.79. The predicted octanol–water partition coefficient (Wildman–Crippen LogP) is 1.79. The molecule has 106 valence electrons. The molecule has 1 atom stereocenters. The van der Waals surface area contributed by atoms with Gasteiger partial charge in [0.2, 0.25) is 0 Å². The lowest BCUT2D eigenvalue weighted by atomic mass is 10.1. The van der Waals surface area contributed by atoms with Gasteiger partial charge in [-0.25, -0.2) is 0 Å². The van der Waals surface area contributed by atoms with Crippen LogP contribution >= 0.6 is 0 Å². The van der Waals surface area contributed by atoms with Gasteiger partial charge in [0.25, 0.3) is 0 Å². The van der Waals surface area contributed by atoms with Crippen LogP contribution in [-0.2, 0) is 9.53 Å². The zero-order valence-electron chi connectivity index (χ0n) is 11.9. The molecule has 0 aromatic carbocycles. The average Bonchev–Trinajstić information content (AvgIpc) is 2.40. The van der Waals surface area contributed by atoms with Gasteiger partial charge >= 0.3 is 5.97 Å². The maximum absolute atomic E-state index is 12.0. The lowest BCUT2D eigenvalue weighted by Gasteiger charge is -2.33. The first-order valence-corrected chi connectivity index (χ1v) is 7.41. The second kappa shape index (κ2) is 9.34. The number of nitrogens with zero attached hydrogens (tertiary/aromatic N) is 1. The molecule has 0 spiro atoms. The van der Waals surface area contributed by atoms with E-state index in [4.69, 9.17) is 4.74 Å². The number of hydrogen-bond acceptors (Lipinski definition) is 4. The van der Waals surface area contributed by atoms with Gasteiger partial charge in [-0.2, -0.15) is 0 Å². The van der Waals surface area contributed by atoms with E-state index in [1.165, 1.54) is 19.3 Å². The third-order valence-electron chi connectivity index (χ3n) is 3.48. The second-order valence-electron chi connectivity index (χ2n) is 4.90. The maximum atomic E-state index is 12.0. The number of rotatable bonds is 8. The van der Waals surface area contributed by atoms with Crippen LogP contribution in [0.25, 0.3) is 0 Å². The standard InChI is InChI=1S/C14H28N2O2/c1-3-5-6-7-8-13(14(17)18-4-2)16-11-9-15-10-12-16/h13,15H,3-12H2,1-2H3. The summed E-state index contributed by atoms with van der Waals surface area (Å²) in [5.41, 5.74) is 0. The van der Waals surface area contributed by atoms with Crippen LogP contribution in [0.5, 0.6) is 0 Å². The molecule has 1 unspecified atom stereocenters. The van der Waals surface area contributed by atoms with Crippen LogP contribution in [-0.4, -0.2) is 49.7 Å². The molecule has 0 radical (unpaired) electrons. The molecule has 0 saturated carbocycles. The summed E-state index contributed by atoms with van der Waals surface area (Å²) in [5, 5.41) is 3.32. The number of carbonyl (C=O) groups excluding carboxylic acids is 1. The number of piperazine rings is 1. The fourth-order valence-corrected chi connectivity index (χ4v) is 2.45. The maximum Gasteiger partial charge on any atom is 0.323 e. The first-order valence-electron chi connectivity index (χ1n) is 7.41. The third kappa shape index (κ3) is 5.36. The summed E-state index contributed by atoms with van der Waals surface area (Å²) in [6, 6.07) is -0.0242. The SMILES string of the molecule is CCCCCCC(C(=O)OCC)N1CCNCC1. The van der Waals surface area contributed by atoms with Gasteiger partial charge in [-0.1, -0.05) is 32.6 Å². The third-order valence-corrected chi connectivity index (χ3v) is 3.48. The van der Waals surface area contributed by atoms with Gasteiger partial charge in [0.05, 0.1) is 6.61 Å². The molecule has 0 bridgehead atoms. The van der Waals surface area contributed by atoms with E-state index >= 15 is 0 Å². The number of hydrogen-bond donors (Lipinski definition) is 1. The van der Waals surface area contributed by atoms with Crippen molar-refractivity contribution in [3.8, 4) is 0 Å². The Morgan fingerprint density at radius 2 is 1.94 bits per heavy atom. The zero-order valence-corrected chi connectivity index (χ0v) is 11.9. The lowest BCUT2D eigenvalue weighted by molar-refractivity contribution is -0.150. The molecule has 1 saturated heterocycles. The topological polar surface area (TPSA) is 41.6 Å². The molecule has 0 aromatic heterocycles. The molecule has 1 aliphatic rings. The monoisotopic (exact) mass is 256 g/mol. The van der Waals surface area contributed by atoms with Crippen molar-refractivity contribution in [1.29, 1.82) is 0 Å². The Morgan fingerprint density at radius 1 is 1.22 bits per heavy atom. The van der Waals surface area contributed by atoms with Crippen molar-refractivity contribution in [2.45, 2.75) is 52.0 Å². The van der Waals surface area contributed by atoms with Gasteiger partial charge in [-0.15, -0.1) is 0 Å². The Bertz CT molecular complexity index is 228. The molecule has 1 heterocycles. The fourth-order valence-electron chi connectivity index (χ4n) is 2.45. The van der Waals surface area contributed by atoms with Crippen LogP contribution in [0.4, 0.5) is 0 Å². The highest BCUT2D eigenvalue weighted by Crippen LogP contribution is 2.13. The van der Waals surface area contributed by atoms with E-state index in [0.29, 0.717) is 6.61 Å². The van der Waals surface area contributed by atoms with Crippen LogP contribution in [0.3, 0.4) is 0 Å². The smallest absolute Gasteiger partial charge is 0.323 e. The summed E-state index contributed by atoms with van der Waals surface area (Å²) in [6.45, 7) is 8.43. The predicted molar refractivity (Wildman–Crippen MR) is 73.6 cm³/mol. The highest BCUT2D eigenvalue weighted by Gasteiger charge is 2.27. The second-order valence-corrected chi connectivity index (χ2v) is 4.90. The van der Waals surface area contributed by atoms with Crippen LogP contribution in [0.1, 0.15) is 46.0 Å². The highest BCUT2D eigenvalue weighted by atomic mass is 16.5. The van der Waals surface area contributed by atoms with Crippen molar-refractivity contribution in [3.05, 3.63) is 0 Å². The van der Waals surface area contributed by atoms with E-state index in [1.807, 2.05) is 6.92 Å². The normalized spacial score (nSPS) is 18.6. The quantitative estimate of drug-likeness (QED) is 0.531. The van der Waals surface area contributed by atoms with E-state index in [0.717, 1.165) is 39.0 Å². The largest absolute Gasteiger partial charge is 0.465 e. The molecule has 1 fully saturated rings. The fraction of sp³-hybridized carbons (Fsp3) is 0.929. The van der Waals surface area contributed by atoms with E-state index in [2.05, 4.69) is 17.1 Å². The summed E-state index contributed by atoms with van der Waals surface area (Å²) in [5.74, 6) is -0.0316. The van der Waals surface area contributed by atoms with Gasteiger partial charge in [0, 0.05) is 26.2 Å². The molecule has 0 amide bonds. The molecule has 1 N–H and O–H groups in total. The molecule has 1 aliphatic heterocycles. The van der Waals surface area contributed by atoms with Crippen molar-refractivity contribution in [3.63, 3.8) is 0 Å². The van der Waals surface area contributed by atoms with Gasteiger partial charge < -0.3 is 10.1 Å². The molecule has 4 heteroatoms. The van der Waals surface area contributed by atoms with Gasteiger partial charge in [0.1, 0.15) is 6.04 Å². The Hall–Kier alpha value is -0.610. The van der Waals surface area contributed by atoms with Crippen LogP contribution in [0.15, 0.2) is 0 Å². The van der Waals surface area contributed by atoms with Gasteiger partial charge in [0.15, 0.2) is 0 Å². The van der Waals surface area contributed by atoms with Crippen LogP contribution in [0, 0.1) is 0 Å². The lowest BCUT2D eigenvalue weighted by Crippen LogP contribution is -2.51. The first kappa shape index (κ1) is 15.4. The summed E-state index contributed by atoms with van der Waals surface area (Å²) in [4.78, 5) is 14.3. The summed E-state index contributed by atoms with van der Waals surface area (Å²) < 4.78 is 5.21. The van der Waals surface area contributed by atoms with Gasteiger partial charge in [-0.3, -0.25) is 9.69 Å². The Labute approximate surface area is 111 Å². The molecular formula is C14H28N2O2. The van der Waals surface area contributed by atoms with E-state index in [-0.39, 0.29) is 12.0 Å². The summed E-state index contributed by atoms with van der Waals surface area (Å²) >= 11 is 0.